The molecule has 1 amide bonds. The van der Waals surface area contributed by atoms with E-state index >= 15 is 0 Å². The lowest BCUT2D eigenvalue weighted by atomic mass is 9.86. The number of amides is 1. The molecule has 2 heterocycles. The first kappa shape index (κ1) is 20.5. The van der Waals surface area contributed by atoms with Gasteiger partial charge in [0.2, 0.25) is 0 Å². The lowest BCUT2D eigenvalue weighted by Crippen LogP contribution is -2.45. The van der Waals surface area contributed by atoms with Crippen molar-refractivity contribution < 1.29 is 22.8 Å². The van der Waals surface area contributed by atoms with Gasteiger partial charge in [-0.2, -0.15) is 0 Å². The highest BCUT2D eigenvalue weighted by atomic mass is 19.1. The smallest absolute Gasteiger partial charge is 0.262 e. The molecule has 1 aromatic carbocycles. The maximum atomic E-state index is 13.8. The lowest BCUT2D eigenvalue weighted by Gasteiger charge is -2.41. The summed E-state index contributed by atoms with van der Waals surface area (Å²) < 4.78 is 40.7. The third-order valence-electron chi connectivity index (χ3n) is 5.97. The number of benzene rings is 1. The van der Waals surface area contributed by atoms with E-state index in [1.165, 1.54) is 25.3 Å². The summed E-state index contributed by atoms with van der Waals surface area (Å²) in [6.45, 7) is 1.78. The normalized spacial score (nSPS) is 18.1. The van der Waals surface area contributed by atoms with Gasteiger partial charge in [0.05, 0.1) is 0 Å². The van der Waals surface area contributed by atoms with Gasteiger partial charge in [0.25, 0.3) is 5.91 Å². The molecule has 1 saturated carbocycles. The number of hydrogen-bond acceptors (Lipinski definition) is 4. The molecule has 1 aromatic heterocycles. The second-order valence-corrected chi connectivity index (χ2v) is 7.87. The first-order valence-corrected chi connectivity index (χ1v) is 10.1. The van der Waals surface area contributed by atoms with Gasteiger partial charge in [0.1, 0.15) is 34.5 Å². The van der Waals surface area contributed by atoms with Crippen LogP contribution in [0.25, 0.3) is 0 Å². The number of piperidine rings is 1. The van der Waals surface area contributed by atoms with Crippen LogP contribution in [-0.2, 0) is 0 Å². The molecule has 0 unspecified atom stereocenters. The Morgan fingerprint density at radius 3 is 2.27 bits per heavy atom. The van der Waals surface area contributed by atoms with Crippen molar-refractivity contribution in [2.75, 3.05) is 18.4 Å². The topological polar surface area (TPSA) is 62.3 Å². The van der Waals surface area contributed by atoms with E-state index in [2.05, 4.69) is 15.2 Å². The fourth-order valence-corrected chi connectivity index (χ4v) is 4.07. The van der Waals surface area contributed by atoms with Crippen LogP contribution in [0.15, 0.2) is 30.3 Å². The zero-order valence-electron chi connectivity index (χ0n) is 16.3. The molecule has 2 aromatic rings. The minimum Gasteiger partial charge on any atom is -0.306 e. The van der Waals surface area contributed by atoms with Crippen molar-refractivity contribution in [3.63, 3.8) is 0 Å². The minimum absolute atomic E-state index is 0.000814. The van der Waals surface area contributed by atoms with Crippen molar-refractivity contribution in [1.82, 2.24) is 9.88 Å². The third-order valence-corrected chi connectivity index (χ3v) is 5.97. The number of carbonyl (C=O) groups excluding carboxylic acids is 2. The number of halogens is 3. The number of hydrogen-bond donors (Lipinski definition) is 1. The number of rotatable bonds is 5. The zero-order chi connectivity index (χ0) is 21.3. The SMILES string of the molecule is O=C(Nc1cccc(C(=O)C2CCN(C3CCC3)CC2)n1)c1c(F)cc(F)cc1F. The van der Waals surface area contributed by atoms with Crippen LogP contribution in [0.5, 0.6) is 0 Å². The molecule has 0 atom stereocenters. The number of carbonyl (C=O) groups is 2. The van der Waals surface area contributed by atoms with Gasteiger partial charge in [-0.15, -0.1) is 0 Å². The highest BCUT2D eigenvalue weighted by Gasteiger charge is 2.32. The van der Waals surface area contributed by atoms with Gasteiger partial charge in [-0.1, -0.05) is 12.5 Å². The summed E-state index contributed by atoms with van der Waals surface area (Å²) in [7, 11) is 0. The first-order valence-electron chi connectivity index (χ1n) is 10.1. The van der Waals surface area contributed by atoms with Crippen LogP contribution in [0.4, 0.5) is 19.0 Å². The van der Waals surface area contributed by atoms with Crippen molar-refractivity contribution in [3.05, 3.63) is 59.0 Å². The van der Waals surface area contributed by atoms with Crippen molar-refractivity contribution >= 4 is 17.5 Å². The van der Waals surface area contributed by atoms with Gasteiger partial charge in [-0.05, 0) is 50.9 Å². The summed E-state index contributed by atoms with van der Waals surface area (Å²) in [5.74, 6) is -5.07. The van der Waals surface area contributed by atoms with Crippen molar-refractivity contribution in [2.24, 2.45) is 5.92 Å². The number of anilines is 1. The average Bonchev–Trinajstić information content (AvgIpc) is 2.66. The minimum atomic E-state index is -1.31. The molecule has 1 saturated heterocycles. The maximum absolute atomic E-state index is 13.8. The molecule has 4 rings (SSSR count). The highest BCUT2D eigenvalue weighted by Crippen LogP contribution is 2.30. The van der Waals surface area contributed by atoms with Gasteiger partial charge < -0.3 is 10.2 Å². The van der Waals surface area contributed by atoms with Crippen molar-refractivity contribution in [3.8, 4) is 0 Å². The average molecular weight is 417 g/mol. The zero-order valence-corrected chi connectivity index (χ0v) is 16.3. The molecule has 30 heavy (non-hydrogen) atoms. The third kappa shape index (κ3) is 4.23. The second kappa shape index (κ2) is 8.55. The monoisotopic (exact) mass is 417 g/mol. The van der Waals surface area contributed by atoms with E-state index in [4.69, 9.17) is 0 Å². The molecule has 1 N–H and O–H groups in total. The number of nitrogens with one attached hydrogen (secondary N) is 1. The molecule has 8 heteroatoms. The number of aromatic nitrogens is 1. The van der Waals surface area contributed by atoms with Crippen LogP contribution in [0.3, 0.4) is 0 Å². The first-order chi connectivity index (χ1) is 14.4. The molecule has 1 aliphatic heterocycles. The molecular weight excluding hydrogens is 395 g/mol. The van der Waals surface area contributed by atoms with Crippen LogP contribution in [0, 0.1) is 23.4 Å². The largest absolute Gasteiger partial charge is 0.306 e. The fraction of sp³-hybridized carbons (Fsp3) is 0.409. The number of ketones is 1. The highest BCUT2D eigenvalue weighted by molar-refractivity contribution is 6.04. The Bertz CT molecular complexity index is 947. The Hall–Kier alpha value is -2.74. The summed E-state index contributed by atoms with van der Waals surface area (Å²) in [5, 5.41) is 2.28. The second-order valence-electron chi connectivity index (χ2n) is 7.87. The molecule has 158 valence electrons. The summed E-state index contributed by atoms with van der Waals surface area (Å²) in [4.78, 5) is 31.7. The maximum Gasteiger partial charge on any atom is 0.262 e. The van der Waals surface area contributed by atoms with Gasteiger partial charge >= 0.3 is 0 Å². The predicted molar refractivity (Wildman–Crippen MR) is 105 cm³/mol. The van der Waals surface area contributed by atoms with Gasteiger partial charge in [-0.25, -0.2) is 18.2 Å². The van der Waals surface area contributed by atoms with Crippen LogP contribution < -0.4 is 5.32 Å². The van der Waals surface area contributed by atoms with Crippen LogP contribution in [-0.4, -0.2) is 40.7 Å². The Labute approximate surface area is 172 Å². The Morgan fingerprint density at radius 2 is 1.67 bits per heavy atom. The van der Waals surface area contributed by atoms with E-state index in [-0.39, 0.29) is 23.2 Å². The number of pyridine rings is 1. The van der Waals surface area contributed by atoms with E-state index in [9.17, 15) is 22.8 Å². The van der Waals surface area contributed by atoms with E-state index in [1.54, 1.807) is 12.1 Å². The van der Waals surface area contributed by atoms with Gasteiger partial charge in [0.15, 0.2) is 5.78 Å². The lowest BCUT2D eigenvalue weighted by molar-refractivity contribution is 0.0668. The van der Waals surface area contributed by atoms with Crippen molar-refractivity contribution in [2.45, 2.75) is 38.1 Å². The van der Waals surface area contributed by atoms with E-state index < -0.39 is 28.9 Å². The van der Waals surface area contributed by atoms with Crippen LogP contribution in [0.1, 0.15) is 53.0 Å². The Balaban J connectivity index is 1.42. The summed E-state index contributed by atoms with van der Waals surface area (Å²) in [6.07, 6.45) is 5.27. The summed E-state index contributed by atoms with van der Waals surface area (Å²) in [5.41, 5.74) is -0.701. The Kier molecular flexibility index (Phi) is 5.85. The van der Waals surface area contributed by atoms with E-state index in [0.717, 1.165) is 25.9 Å². The van der Waals surface area contributed by atoms with E-state index in [0.29, 0.717) is 18.2 Å². The summed E-state index contributed by atoms with van der Waals surface area (Å²) >= 11 is 0. The van der Waals surface area contributed by atoms with Crippen LogP contribution >= 0.6 is 0 Å². The molecular formula is C22H22F3N3O2. The molecule has 2 fully saturated rings. The number of Topliss-reactive ketones (excluding diaryl/α,β-unsaturated/α-hetero) is 1. The standard InChI is InChI=1S/C22H22F3N3O2/c23-14-11-16(24)20(17(25)12-14)22(30)27-19-6-2-5-18(26-19)21(29)13-7-9-28(10-8-13)15-3-1-4-15/h2,5-6,11-13,15H,1,3-4,7-10H2,(H,26,27,30). The Morgan fingerprint density at radius 1 is 1.00 bits per heavy atom. The summed E-state index contributed by atoms with van der Waals surface area (Å²) in [6, 6.07) is 6.06. The molecule has 0 bridgehead atoms. The van der Waals surface area contributed by atoms with Gasteiger partial charge in [-0.3, -0.25) is 9.59 Å². The molecule has 0 radical (unpaired) electrons. The number of likely N-dealkylation sites (tertiary alicyclic amines) is 1. The molecule has 1 aliphatic carbocycles. The quantitative estimate of drug-likeness (QED) is 0.741. The molecule has 0 spiro atoms. The van der Waals surface area contributed by atoms with Crippen molar-refractivity contribution in [1.29, 1.82) is 0 Å². The van der Waals surface area contributed by atoms with E-state index in [1.807, 2.05) is 0 Å². The fourth-order valence-electron chi connectivity index (χ4n) is 4.07. The molecule has 5 nitrogen and oxygen atoms in total. The van der Waals surface area contributed by atoms with Crippen LogP contribution in [0.2, 0.25) is 0 Å². The molecule has 2 aliphatic rings. The predicted octanol–water partition coefficient (Wildman–Crippen LogP) is 4.20. The number of nitrogens with zero attached hydrogens (tertiary/aromatic N) is 2. The van der Waals surface area contributed by atoms with Gasteiger partial charge in [0, 0.05) is 24.1 Å².